The fourth-order valence-electron chi connectivity index (χ4n) is 0. The molecule has 0 aromatic rings. The van der Waals surface area contributed by atoms with Crippen molar-refractivity contribution in [1.29, 1.82) is 0 Å². The summed E-state index contributed by atoms with van der Waals surface area (Å²) < 4.78 is 0. The van der Waals surface area contributed by atoms with E-state index in [0.29, 0.717) is 0 Å². The summed E-state index contributed by atoms with van der Waals surface area (Å²) in [6.45, 7) is 0. The van der Waals surface area contributed by atoms with Crippen molar-refractivity contribution in [3.63, 3.8) is 0 Å². The van der Waals surface area contributed by atoms with E-state index >= 15 is 0 Å². The summed E-state index contributed by atoms with van der Waals surface area (Å²) >= 11 is 0. The van der Waals surface area contributed by atoms with Gasteiger partial charge in [-0.25, -0.2) is 0 Å². The van der Waals surface area contributed by atoms with Crippen LogP contribution in [0.25, 0.3) is 0 Å². The molecule has 1 atom stereocenters. The van der Waals surface area contributed by atoms with Crippen LogP contribution in [0, 0.1) is 69.9 Å². The van der Waals surface area contributed by atoms with Crippen LogP contribution in [-0.2, 0) is 36.5 Å². The van der Waals surface area contributed by atoms with Crippen LogP contribution in [0.4, 0.5) is 0 Å². The summed E-state index contributed by atoms with van der Waals surface area (Å²) in [7, 11) is 0. The summed E-state index contributed by atoms with van der Waals surface area (Å²) in [5.41, 5.74) is 0. The molecular weight excluding hydrogens is 634 g/mol. The molecule has 0 aliphatic heterocycles. The molecule has 34 heteroatoms. The van der Waals surface area contributed by atoms with Crippen molar-refractivity contribution in [3.8, 4) is 0 Å². The molecule has 205 valence electrons. The van der Waals surface area contributed by atoms with Crippen molar-refractivity contribution in [3.05, 3.63) is 69.9 Å². The monoisotopic (exact) mass is 644 g/mol. The minimum absolute atomic E-state index is 0. The Morgan fingerprint density at radius 3 is 0.382 bits per heavy atom. The van der Waals surface area contributed by atoms with Crippen LogP contribution in [0.3, 0.4) is 0 Å². The largest absolute Gasteiger partial charge is 2.00 e. The van der Waals surface area contributed by atoms with Gasteiger partial charge in [-0.15, -0.1) is 50.8 Å². The fraction of sp³-hybridized carbons (Fsp3) is 0. The first-order chi connectivity index (χ1) is 14.1. The number of hydrogen-bond donors (Lipinski definition) is 7. The fourth-order valence-corrected chi connectivity index (χ4v) is 0. The van der Waals surface area contributed by atoms with Crippen LogP contribution >= 0.6 is 9.90 Å². The first-order valence-electron chi connectivity index (χ1n) is 3.76. The maximum Gasteiger partial charge on any atom is 2.00 e. The van der Waals surface area contributed by atoms with Gasteiger partial charge in [-0.3, -0.25) is 0 Å². The van der Waals surface area contributed by atoms with Crippen molar-refractivity contribution in [1.82, 2.24) is 6.15 Å². The number of rotatable bonds is 0. The van der Waals surface area contributed by atoms with Crippen LogP contribution < -0.4 is 6.15 Å². The van der Waals surface area contributed by atoms with Crippen LogP contribution in [0.1, 0.15) is 0 Å². The van der Waals surface area contributed by atoms with Crippen molar-refractivity contribution in [2.24, 2.45) is 53.4 Å². The third-order valence-electron chi connectivity index (χ3n) is 0. The van der Waals surface area contributed by atoms with E-state index in [2.05, 4.69) is 0 Å². The molecule has 1 unspecified atom stereocenters. The third-order valence-corrected chi connectivity index (χ3v) is 0. The Morgan fingerprint density at radius 1 is 0.382 bits per heavy atom. The van der Waals surface area contributed by atoms with E-state index in [0.717, 1.165) is 21.4 Å². The van der Waals surface area contributed by atoms with E-state index in [1.54, 1.807) is 0 Å². The average molecular weight is 646 g/mol. The molecule has 0 aliphatic carbocycles. The molecule has 0 aliphatic rings. The molecule has 0 aromatic carbocycles. The maximum absolute atomic E-state index is 8.11. The number of nitrogens with zero attached hydrogens (tertiary/aromatic N) is 10. The van der Waals surface area contributed by atoms with E-state index in [1.807, 2.05) is 0 Å². The molecule has 1 radical (unpaired) electrons. The Labute approximate surface area is 207 Å². The molecule has 0 aromatic heterocycles. The summed E-state index contributed by atoms with van der Waals surface area (Å²) in [4.78, 5) is 80.7. The molecule has 0 saturated heterocycles. The molecule has 0 rings (SSSR count). The molecular formula is H12CuN11O20PZn. The molecule has 0 amide bonds. The minimum atomic E-state index is 0. The van der Waals surface area contributed by atoms with E-state index in [-0.39, 0.29) is 52.6 Å². The van der Waals surface area contributed by atoms with Gasteiger partial charge in [-0.05, 0) is 0 Å². The third kappa shape index (κ3) is 971. The van der Waals surface area contributed by atoms with Crippen molar-refractivity contribution >= 4 is 9.90 Å². The van der Waals surface area contributed by atoms with Gasteiger partial charge >= 0.3 is 36.5 Å². The van der Waals surface area contributed by atoms with Gasteiger partial charge in [0.15, 0.2) is 32.0 Å². The average Bonchev–Trinajstić information content (AvgIpc) is 2.61. The molecule has 0 bridgehead atoms. The zero-order chi connectivity index (χ0) is 27.1. The van der Waals surface area contributed by atoms with Gasteiger partial charge in [0.05, 0.1) is 0 Å². The zero-order valence-electron chi connectivity index (χ0n) is 15.3. The van der Waals surface area contributed by atoms with Gasteiger partial charge in [-0.1, -0.05) is 0 Å². The second kappa shape index (κ2) is 707. The van der Waals surface area contributed by atoms with Gasteiger partial charge < -0.3 is 77.9 Å². The summed E-state index contributed by atoms with van der Waals surface area (Å²) in [6.07, 6.45) is 0. The van der Waals surface area contributed by atoms with Crippen LogP contribution in [0.15, 0.2) is 53.4 Å². The topological polar surface area (TPSA) is 543 Å². The van der Waals surface area contributed by atoms with E-state index in [9.17, 15) is 0 Å². The molecule has 34 heavy (non-hydrogen) atoms. The quantitative estimate of drug-likeness (QED) is 0.0856. The molecule has 31 nitrogen and oxygen atoms in total. The normalized spacial score (nSPS) is 3.53. The Kier molecular flexibility index (Phi) is 2070. The summed E-state index contributed by atoms with van der Waals surface area (Å²) in [5, 5.41) is 83.3. The first-order valence-corrected chi connectivity index (χ1v) is 3.76. The van der Waals surface area contributed by atoms with E-state index in [1.165, 1.54) is 32.0 Å². The van der Waals surface area contributed by atoms with Gasteiger partial charge in [-0.2, -0.15) is 9.90 Å². The van der Waals surface area contributed by atoms with E-state index < -0.39 is 0 Å². The van der Waals surface area contributed by atoms with Crippen molar-refractivity contribution in [2.75, 3.05) is 0 Å². The zero-order valence-corrected chi connectivity index (χ0v) is 20.6. The summed E-state index contributed by atoms with van der Waals surface area (Å²) in [5.74, 6) is 0. The predicted molar refractivity (Wildman–Crippen MR) is 98.3 cm³/mol. The summed E-state index contributed by atoms with van der Waals surface area (Å²) in [6, 6.07) is 0. The van der Waals surface area contributed by atoms with Gasteiger partial charge in [0, 0.05) is 0 Å². The second-order valence-corrected chi connectivity index (χ2v) is 0.788. The Morgan fingerprint density at radius 2 is 0.382 bits per heavy atom. The van der Waals surface area contributed by atoms with Crippen LogP contribution in [0.5, 0.6) is 0 Å². The molecule has 9 N–H and O–H groups in total. The predicted octanol–water partition coefficient (Wildman–Crippen LogP) is 2.07. The first kappa shape index (κ1) is 99.7. The second-order valence-electron chi connectivity index (χ2n) is 0.788. The standard InChI is InChI=1S/Cu.10HNO2.H3N.H3P.Zn/c;10*2-1-3;;;/h;10*(H,2,3);2*1H3;/q+2;;;;;;;;;;;;;+2/p-4. The Hall–Kier alpha value is -4.47. The van der Waals surface area contributed by atoms with Crippen molar-refractivity contribution in [2.45, 2.75) is 0 Å². The molecule has 0 heterocycles. The minimum Gasteiger partial charge on any atom is -0.444 e. The van der Waals surface area contributed by atoms with E-state index in [4.69, 9.17) is 101 Å². The Bertz CT molecular complexity index is 223. The number of hydrogen-bond acceptors (Lipinski definition) is 25. The molecule has 0 spiro atoms. The van der Waals surface area contributed by atoms with Crippen LogP contribution in [0.2, 0.25) is 0 Å². The SMILES string of the molecule is N.O=NO.O=NO.O=NO.O=NO.O=NO.O=NO.O=N[O-].O=N[O-].O=N[O-].O=N[O-].P.[Cu+2].[Zn+2]. The van der Waals surface area contributed by atoms with Crippen LogP contribution in [-0.4, -0.2) is 31.2 Å². The van der Waals surface area contributed by atoms with Gasteiger partial charge in [0.25, 0.3) is 0 Å². The molecule has 0 saturated carbocycles. The Balaban J connectivity index is -0.0000000108. The van der Waals surface area contributed by atoms with Gasteiger partial charge in [0.1, 0.15) is 0 Å². The van der Waals surface area contributed by atoms with Crippen molar-refractivity contribution < 1.29 is 67.8 Å². The smallest absolute Gasteiger partial charge is 0.444 e. The van der Waals surface area contributed by atoms with Gasteiger partial charge in [0.2, 0.25) is 0 Å². The molecule has 0 fully saturated rings. The maximum atomic E-state index is 8.11.